The van der Waals surface area contributed by atoms with E-state index in [2.05, 4.69) is 0 Å². The lowest BCUT2D eigenvalue weighted by Gasteiger charge is -2.24. The van der Waals surface area contributed by atoms with E-state index in [4.69, 9.17) is 0 Å². The second kappa shape index (κ2) is 6.66. The first-order valence-electron chi connectivity index (χ1n) is 8.00. The van der Waals surface area contributed by atoms with E-state index in [0.29, 0.717) is 10.4 Å². The summed E-state index contributed by atoms with van der Waals surface area (Å²) >= 11 is 0. The fourth-order valence-corrected chi connectivity index (χ4v) is 7.44. The van der Waals surface area contributed by atoms with Gasteiger partial charge >= 0.3 is 5.51 Å². The summed E-state index contributed by atoms with van der Waals surface area (Å²) in [6, 6.07) is 6.44. The molecule has 2 aliphatic carbocycles. The first-order chi connectivity index (χ1) is 12.4. The van der Waals surface area contributed by atoms with Gasteiger partial charge in [-0.2, -0.15) is 13.2 Å². The quantitative estimate of drug-likeness (QED) is 0.550. The van der Waals surface area contributed by atoms with Crippen molar-refractivity contribution in [3.05, 3.63) is 50.9 Å². The summed E-state index contributed by atoms with van der Waals surface area (Å²) in [5.41, 5.74) is -6.37. The van der Waals surface area contributed by atoms with Gasteiger partial charge in [0.05, 0.1) is 9.49 Å². The van der Waals surface area contributed by atoms with Gasteiger partial charge in [-0.15, -0.1) is 29.4 Å². The van der Waals surface area contributed by atoms with Gasteiger partial charge < -0.3 is 0 Å². The van der Waals surface area contributed by atoms with Crippen LogP contribution in [0.2, 0.25) is 0 Å². The van der Waals surface area contributed by atoms with Crippen molar-refractivity contribution >= 4 is 31.8 Å². The maximum atomic E-state index is 13.5. The minimum atomic E-state index is -6.17. The molecule has 1 aromatic carbocycles. The molecule has 0 saturated heterocycles. The number of benzene rings is 1. The zero-order valence-corrected chi connectivity index (χ0v) is 15.4. The van der Waals surface area contributed by atoms with Gasteiger partial charge in [-0.05, 0) is 19.3 Å². The zero-order chi connectivity index (χ0) is 20.0. The Hall–Kier alpha value is -1.81. The fourth-order valence-electron chi connectivity index (χ4n) is 3.21. The molecule has 3 rings (SSSR count). The molecule has 4 nitrogen and oxygen atoms in total. The maximum absolute atomic E-state index is 13.5. The molecule has 0 spiro atoms. The van der Waals surface area contributed by atoms with E-state index < -0.39 is 52.8 Å². The van der Waals surface area contributed by atoms with Crippen LogP contribution in [0.3, 0.4) is 0 Å². The molecule has 0 radical (unpaired) electrons. The van der Waals surface area contributed by atoms with Crippen molar-refractivity contribution in [3.8, 4) is 0 Å². The van der Waals surface area contributed by atoms with Crippen molar-refractivity contribution in [2.24, 2.45) is 0 Å². The summed E-state index contributed by atoms with van der Waals surface area (Å²) in [5, 5.41) is -0.520. The van der Waals surface area contributed by atoms with E-state index in [9.17, 15) is 34.4 Å². The van der Waals surface area contributed by atoms with Crippen molar-refractivity contribution in [2.45, 2.75) is 36.2 Å². The summed E-state index contributed by atoms with van der Waals surface area (Å²) in [6.45, 7) is 0. The Kier molecular flexibility index (Phi) is 4.92. The summed E-state index contributed by atoms with van der Waals surface area (Å²) in [5.74, 6) is 0. The number of alkyl halides is 4. The Morgan fingerprint density at radius 1 is 1.04 bits per heavy atom. The second-order valence-corrected chi connectivity index (χ2v) is 10.7. The predicted octanol–water partition coefficient (Wildman–Crippen LogP) is 1.92. The van der Waals surface area contributed by atoms with E-state index in [1.807, 2.05) is 0 Å². The molecule has 1 fully saturated rings. The van der Waals surface area contributed by atoms with E-state index >= 15 is 0 Å². The van der Waals surface area contributed by atoms with Crippen LogP contribution in [0.5, 0.6) is 0 Å². The monoisotopic (exact) mass is 423 g/mol. The highest BCUT2D eigenvalue weighted by Gasteiger charge is 2.52. The van der Waals surface area contributed by atoms with Crippen molar-refractivity contribution in [2.75, 3.05) is 0 Å². The van der Waals surface area contributed by atoms with Gasteiger partial charge in [0.25, 0.3) is 9.84 Å². The summed E-state index contributed by atoms with van der Waals surface area (Å²) in [7, 11) is -11.1. The van der Waals surface area contributed by atoms with Crippen LogP contribution in [-0.4, -0.2) is 33.8 Å². The third-order valence-corrected chi connectivity index (χ3v) is 9.30. The van der Waals surface area contributed by atoms with Gasteiger partial charge in [0, 0.05) is 0 Å². The summed E-state index contributed by atoms with van der Waals surface area (Å²) in [6.07, 6.45) is 1.09. The molecular formula is C17H15F4O4S2-. The number of hydrogen-bond acceptors (Lipinski definition) is 4. The molecule has 0 heterocycles. The lowest BCUT2D eigenvalue weighted by atomic mass is 10.0. The largest absolute Gasteiger partial charge is 0.494 e. The van der Waals surface area contributed by atoms with Crippen molar-refractivity contribution in [3.63, 3.8) is 0 Å². The first-order valence-corrected chi connectivity index (χ1v) is 11.0. The number of sulfone groups is 2. The standard InChI is InChI=1S/C17H15F4O4S2/c18-14-7-8-15(10-14)26(22,23)16(27(24,25)17(19,20)21)13-6-5-11-3-1-2-4-12(11)9-13/h1-6,9,14-15H,7-8,10H2/q-1/b16-13-. The first kappa shape index (κ1) is 19.9. The topological polar surface area (TPSA) is 68.3 Å². The van der Waals surface area contributed by atoms with Crippen molar-refractivity contribution < 1.29 is 34.4 Å². The lowest BCUT2D eigenvalue weighted by molar-refractivity contribution is -0.0425. The molecular weight excluding hydrogens is 408 g/mol. The van der Waals surface area contributed by atoms with E-state index in [1.54, 1.807) is 18.2 Å². The number of rotatable bonds is 3. The van der Waals surface area contributed by atoms with Crippen LogP contribution < -0.4 is 10.4 Å². The molecule has 148 valence electrons. The number of fused-ring (bicyclic) bond motifs is 1. The third-order valence-electron chi connectivity index (χ3n) is 4.55. The third kappa shape index (κ3) is 3.52. The molecule has 27 heavy (non-hydrogen) atoms. The minimum absolute atomic E-state index is 0.138. The molecule has 2 atom stereocenters. The van der Waals surface area contributed by atoms with Gasteiger partial charge in [0.2, 0.25) is 0 Å². The highest BCUT2D eigenvalue weighted by Crippen LogP contribution is 2.40. The molecule has 2 aliphatic rings. The van der Waals surface area contributed by atoms with Gasteiger partial charge in [-0.1, -0.05) is 29.5 Å². The van der Waals surface area contributed by atoms with Crippen LogP contribution >= 0.6 is 0 Å². The fraction of sp³-hybridized carbons (Fsp3) is 0.353. The number of halogens is 4. The Bertz CT molecular complexity index is 1120. The van der Waals surface area contributed by atoms with Crippen LogP contribution in [0, 0.1) is 6.42 Å². The molecule has 0 amide bonds. The average Bonchev–Trinajstić information content (AvgIpc) is 3.01. The van der Waals surface area contributed by atoms with Crippen molar-refractivity contribution in [1.29, 1.82) is 0 Å². The molecule has 0 N–H and O–H groups in total. The van der Waals surface area contributed by atoms with Crippen molar-refractivity contribution in [1.82, 2.24) is 0 Å². The maximum Gasteiger partial charge on any atom is 0.494 e. The Morgan fingerprint density at radius 2 is 1.67 bits per heavy atom. The zero-order valence-electron chi connectivity index (χ0n) is 13.8. The molecule has 1 saturated carbocycles. The van der Waals surface area contributed by atoms with Crippen LogP contribution in [0.1, 0.15) is 19.3 Å². The highest BCUT2D eigenvalue weighted by atomic mass is 32.3. The van der Waals surface area contributed by atoms with Crippen LogP contribution in [0.15, 0.2) is 34.1 Å². The predicted molar refractivity (Wildman–Crippen MR) is 92.4 cm³/mol. The molecule has 0 bridgehead atoms. The Balaban J connectivity index is 2.29. The molecule has 0 aliphatic heterocycles. The Morgan fingerprint density at radius 3 is 2.22 bits per heavy atom. The van der Waals surface area contributed by atoms with Crippen LogP contribution in [0.25, 0.3) is 12.2 Å². The highest BCUT2D eigenvalue weighted by molar-refractivity contribution is 8.15. The van der Waals surface area contributed by atoms with Gasteiger partial charge in [-0.3, -0.25) is 0 Å². The summed E-state index contributed by atoms with van der Waals surface area (Å²) < 4.78 is 101. The number of hydrogen-bond donors (Lipinski definition) is 0. The summed E-state index contributed by atoms with van der Waals surface area (Å²) in [4.78, 5) is 0. The van der Waals surface area contributed by atoms with Crippen LogP contribution in [-0.2, 0) is 19.7 Å². The van der Waals surface area contributed by atoms with Gasteiger partial charge in [0.1, 0.15) is 6.17 Å². The molecule has 2 unspecified atom stereocenters. The number of allylic oxidation sites excluding steroid dienone is 1. The normalized spacial score (nSPS) is 25.0. The lowest BCUT2D eigenvalue weighted by Crippen LogP contribution is -2.35. The average molecular weight is 423 g/mol. The molecule has 1 aromatic rings. The van der Waals surface area contributed by atoms with E-state index in [1.165, 1.54) is 12.1 Å². The molecule has 10 heteroatoms. The van der Waals surface area contributed by atoms with E-state index in [0.717, 1.165) is 12.5 Å². The Labute approximate surface area is 153 Å². The molecule has 0 aromatic heterocycles. The minimum Gasteiger partial charge on any atom is -0.247 e. The second-order valence-electron chi connectivity index (χ2n) is 6.38. The van der Waals surface area contributed by atoms with Gasteiger partial charge in [0.15, 0.2) is 9.84 Å². The van der Waals surface area contributed by atoms with E-state index in [-0.39, 0.29) is 12.8 Å². The van der Waals surface area contributed by atoms with Gasteiger partial charge in [-0.25, -0.2) is 21.2 Å². The van der Waals surface area contributed by atoms with Crippen LogP contribution in [0.4, 0.5) is 17.6 Å². The SMILES string of the molecule is O=S(=O)(/C(=C1/C=c2ccccc2=C[CH-]1)S(=O)(=O)C(F)(F)F)C1CCC(F)C1. The smallest absolute Gasteiger partial charge is 0.247 e.